The summed E-state index contributed by atoms with van der Waals surface area (Å²) >= 11 is 5.02. The summed E-state index contributed by atoms with van der Waals surface area (Å²) < 4.78 is 1.09. The van der Waals surface area contributed by atoms with Crippen LogP contribution in [0.15, 0.2) is 15.9 Å². The molecule has 0 radical (unpaired) electrons. The Labute approximate surface area is 88.1 Å². The van der Waals surface area contributed by atoms with Crippen molar-refractivity contribution in [3.8, 4) is 10.6 Å². The standard InChI is InChI=1S/C8H8BrN3S/c1-4-7(10)8(12-11-4)5-2-3-6(9)13-5/h2-3H,10H2,1H3,(H,11,12). The van der Waals surface area contributed by atoms with Crippen LogP contribution in [0.4, 0.5) is 5.69 Å². The second-order valence-corrected chi connectivity index (χ2v) is 5.18. The lowest BCUT2D eigenvalue weighted by Crippen LogP contribution is -1.86. The number of nitrogens with two attached hydrogens (primary N) is 1. The third-order valence-corrected chi connectivity index (χ3v) is 3.43. The number of hydrogen-bond donors (Lipinski definition) is 2. The lowest BCUT2D eigenvalue weighted by Gasteiger charge is -1.92. The van der Waals surface area contributed by atoms with Gasteiger partial charge in [0.1, 0.15) is 5.69 Å². The van der Waals surface area contributed by atoms with Crippen LogP contribution in [-0.2, 0) is 0 Å². The third-order valence-electron chi connectivity index (χ3n) is 1.80. The molecular weight excluding hydrogens is 250 g/mol. The maximum absolute atomic E-state index is 5.84. The first kappa shape index (κ1) is 8.77. The average Bonchev–Trinajstić information content (AvgIpc) is 2.62. The van der Waals surface area contributed by atoms with Gasteiger partial charge in [0, 0.05) is 0 Å². The monoisotopic (exact) mass is 257 g/mol. The largest absolute Gasteiger partial charge is 0.395 e. The number of nitrogens with one attached hydrogen (secondary N) is 1. The molecule has 0 aromatic carbocycles. The van der Waals surface area contributed by atoms with Crippen molar-refractivity contribution in [1.29, 1.82) is 0 Å². The summed E-state index contributed by atoms with van der Waals surface area (Å²) in [4.78, 5) is 1.08. The number of hydrogen-bond acceptors (Lipinski definition) is 3. The summed E-state index contributed by atoms with van der Waals surface area (Å²) in [7, 11) is 0. The summed E-state index contributed by atoms with van der Waals surface area (Å²) in [6, 6.07) is 3.99. The topological polar surface area (TPSA) is 54.7 Å². The van der Waals surface area contributed by atoms with Gasteiger partial charge in [-0.3, -0.25) is 5.10 Å². The highest BCUT2D eigenvalue weighted by Gasteiger charge is 2.10. The number of aromatic nitrogens is 2. The Bertz CT molecular complexity index is 432. The zero-order chi connectivity index (χ0) is 9.42. The van der Waals surface area contributed by atoms with Crippen LogP contribution in [0.1, 0.15) is 5.69 Å². The lowest BCUT2D eigenvalue weighted by atomic mass is 10.3. The lowest BCUT2D eigenvalue weighted by molar-refractivity contribution is 1.05. The first-order chi connectivity index (χ1) is 6.18. The molecule has 0 aliphatic rings. The van der Waals surface area contributed by atoms with Gasteiger partial charge in [0.15, 0.2) is 0 Å². The SMILES string of the molecule is Cc1[nH]nc(-c2ccc(Br)s2)c1N. The summed E-state index contributed by atoms with van der Waals surface area (Å²) in [6.07, 6.45) is 0. The molecule has 0 aliphatic carbocycles. The van der Waals surface area contributed by atoms with Crippen LogP contribution in [0.25, 0.3) is 10.6 Å². The van der Waals surface area contributed by atoms with E-state index >= 15 is 0 Å². The van der Waals surface area contributed by atoms with Crippen LogP contribution < -0.4 is 5.73 Å². The van der Waals surface area contributed by atoms with Crippen molar-refractivity contribution in [2.24, 2.45) is 0 Å². The van der Waals surface area contributed by atoms with Crippen molar-refractivity contribution in [3.05, 3.63) is 21.6 Å². The van der Waals surface area contributed by atoms with Crippen molar-refractivity contribution in [2.75, 3.05) is 5.73 Å². The summed E-state index contributed by atoms with van der Waals surface area (Å²) in [5.74, 6) is 0. The van der Waals surface area contributed by atoms with E-state index in [0.717, 1.165) is 25.7 Å². The Morgan fingerprint density at radius 1 is 1.54 bits per heavy atom. The van der Waals surface area contributed by atoms with Gasteiger partial charge in [-0.25, -0.2) is 0 Å². The second-order valence-electron chi connectivity index (χ2n) is 2.71. The van der Waals surface area contributed by atoms with Gasteiger partial charge in [0.25, 0.3) is 0 Å². The Balaban J connectivity index is 2.52. The molecule has 0 spiro atoms. The molecule has 68 valence electrons. The number of aromatic amines is 1. The molecule has 0 saturated heterocycles. The number of aryl methyl sites for hydroxylation is 1. The fourth-order valence-electron chi connectivity index (χ4n) is 1.07. The van der Waals surface area contributed by atoms with E-state index in [1.165, 1.54) is 0 Å². The second kappa shape index (κ2) is 3.16. The number of anilines is 1. The van der Waals surface area contributed by atoms with Crippen molar-refractivity contribution in [3.63, 3.8) is 0 Å². The number of thiophene rings is 1. The van der Waals surface area contributed by atoms with Crippen LogP contribution in [0.3, 0.4) is 0 Å². The molecule has 2 rings (SSSR count). The van der Waals surface area contributed by atoms with Gasteiger partial charge in [-0.05, 0) is 35.0 Å². The predicted molar refractivity (Wildman–Crippen MR) is 58.8 cm³/mol. The minimum absolute atomic E-state index is 0.731. The maximum Gasteiger partial charge on any atom is 0.125 e. The van der Waals surface area contributed by atoms with Gasteiger partial charge in [-0.15, -0.1) is 11.3 Å². The third kappa shape index (κ3) is 1.49. The highest BCUT2D eigenvalue weighted by atomic mass is 79.9. The van der Waals surface area contributed by atoms with Crippen LogP contribution in [-0.4, -0.2) is 10.2 Å². The summed E-state index contributed by atoms with van der Waals surface area (Å²) in [6.45, 7) is 1.91. The van der Waals surface area contributed by atoms with Gasteiger partial charge >= 0.3 is 0 Å². The minimum atomic E-state index is 0.731. The molecule has 5 heteroatoms. The molecule has 0 aliphatic heterocycles. The molecule has 0 saturated carbocycles. The molecule has 0 unspecified atom stereocenters. The number of nitrogens with zero attached hydrogens (tertiary/aromatic N) is 1. The molecule has 2 heterocycles. The number of halogens is 1. The van der Waals surface area contributed by atoms with Crippen molar-refractivity contribution >= 4 is 33.0 Å². The average molecular weight is 258 g/mol. The smallest absolute Gasteiger partial charge is 0.125 e. The molecule has 3 N–H and O–H groups in total. The van der Waals surface area contributed by atoms with Crippen LogP contribution in [0.5, 0.6) is 0 Å². The van der Waals surface area contributed by atoms with Gasteiger partial charge in [0.2, 0.25) is 0 Å². The van der Waals surface area contributed by atoms with Crippen LogP contribution in [0, 0.1) is 6.92 Å². The zero-order valence-corrected chi connectivity index (χ0v) is 9.37. The maximum atomic E-state index is 5.84. The number of nitrogen functional groups attached to an aromatic ring is 1. The van der Waals surface area contributed by atoms with E-state index in [1.807, 2.05) is 19.1 Å². The van der Waals surface area contributed by atoms with E-state index < -0.39 is 0 Å². The van der Waals surface area contributed by atoms with Crippen molar-refractivity contribution < 1.29 is 0 Å². The molecule has 0 fully saturated rings. The zero-order valence-electron chi connectivity index (χ0n) is 6.97. The van der Waals surface area contributed by atoms with Gasteiger partial charge in [-0.1, -0.05) is 0 Å². The summed E-state index contributed by atoms with van der Waals surface area (Å²) in [5, 5.41) is 7.00. The summed E-state index contributed by atoms with van der Waals surface area (Å²) in [5.41, 5.74) is 8.33. The molecule has 13 heavy (non-hydrogen) atoms. The predicted octanol–water partition coefficient (Wildman–Crippen LogP) is 2.79. The molecule has 0 atom stereocenters. The van der Waals surface area contributed by atoms with E-state index in [-0.39, 0.29) is 0 Å². The Morgan fingerprint density at radius 3 is 2.77 bits per heavy atom. The van der Waals surface area contributed by atoms with E-state index in [0.29, 0.717) is 0 Å². The number of H-pyrrole nitrogens is 1. The van der Waals surface area contributed by atoms with E-state index in [1.54, 1.807) is 11.3 Å². The van der Waals surface area contributed by atoms with Gasteiger partial charge in [0.05, 0.1) is 20.0 Å². The van der Waals surface area contributed by atoms with E-state index in [9.17, 15) is 0 Å². The first-order valence-corrected chi connectivity index (χ1v) is 5.35. The Morgan fingerprint density at radius 2 is 2.31 bits per heavy atom. The van der Waals surface area contributed by atoms with E-state index in [2.05, 4.69) is 26.1 Å². The molecule has 3 nitrogen and oxygen atoms in total. The first-order valence-electron chi connectivity index (χ1n) is 3.74. The van der Waals surface area contributed by atoms with Gasteiger partial charge < -0.3 is 5.73 Å². The van der Waals surface area contributed by atoms with E-state index in [4.69, 9.17) is 5.73 Å². The Kier molecular flexibility index (Phi) is 2.13. The number of rotatable bonds is 1. The van der Waals surface area contributed by atoms with Crippen LogP contribution in [0.2, 0.25) is 0 Å². The molecule has 2 aromatic rings. The van der Waals surface area contributed by atoms with Crippen molar-refractivity contribution in [1.82, 2.24) is 10.2 Å². The highest BCUT2D eigenvalue weighted by Crippen LogP contribution is 2.33. The minimum Gasteiger partial charge on any atom is -0.395 e. The highest BCUT2D eigenvalue weighted by molar-refractivity contribution is 9.11. The van der Waals surface area contributed by atoms with Crippen molar-refractivity contribution in [2.45, 2.75) is 6.92 Å². The Hall–Kier alpha value is -0.810. The quantitative estimate of drug-likeness (QED) is 0.826. The fourth-order valence-corrected chi connectivity index (χ4v) is 2.46. The van der Waals surface area contributed by atoms with Crippen LogP contribution >= 0.6 is 27.3 Å². The molecular formula is C8H8BrN3S. The normalized spacial score (nSPS) is 10.6. The molecule has 0 amide bonds. The fraction of sp³-hybridized carbons (Fsp3) is 0.125. The molecule has 2 aromatic heterocycles. The molecule has 0 bridgehead atoms. The van der Waals surface area contributed by atoms with Gasteiger partial charge in [-0.2, -0.15) is 5.10 Å².